The summed E-state index contributed by atoms with van der Waals surface area (Å²) < 4.78 is 32.8. The van der Waals surface area contributed by atoms with Crippen molar-refractivity contribution in [2.24, 2.45) is 0 Å². The predicted molar refractivity (Wildman–Crippen MR) is 191 cm³/mol. The van der Waals surface area contributed by atoms with Crippen LogP contribution < -0.4 is 0 Å². The molecule has 3 unspecified atom stereocenters. The first kappa shape index (κ1) is 42.1. The number of nitrogens with zero attached hydrogens (tertiary/aromatic N) is 1. The zero-order valence-electron chi connectivity index (χ0n) is 30.6. The van der Waals surface area contributed by atoms with Crippen molar-refractivity contribution in [3.63, 3.8) is 0 Å². The molecule has 0 amide bonds. The predicted octanol–water partition coefficient (Wildman–Crippen LogP) is 13.0. The number of hydrogen-bond donors (Lipinski definition) is 0. The summed E-state index contributed by atoms with van der Waals surface area (Å²) in [6, 6.07) is 0.360. The molecule has 6 heteroatoms. The third-order valence-corrected chi connectivity index (χ3v) is 11.5. The molecule has 44 heavy (non-hydrogen) atoms. The molecule has 0 aromatic carbocycles. The lowest BCUT2D eigenvalue weighted by Gasteiger charge is -2.48. The molecule has 0 radical (unpaired) electrons. The largest absolute Gasteiger partial charge is 0.475 e. The van der Waals surface area contributed by atoms with Gasteiger partial charge in [-0.3, -0.25) is 13.6 Å². The van der Waals surface area contributed by atoms with E-state index in [-0.39, 0.29) is 6.10 Å². The summed E-state index contributed by atoms with van der Waals surface area (Å²) in [7, 11) is -3.52. The Labute approximate surface area is 276 Å². The van der Waals surface area contributed by atoms with Gasteiger partial charge in [-0.05, 0) is 44.9 Å². The van der Waals surface area contributed by atoms with Crippen LogP contribution in [0.15, 0.2) is 0 Å². The summed E-state index contributed by atoms with van der Waals surface area (Å²) in [5.41, 5.74) is 0. The van der Waals surface area contributed by atoms with E-state index in [4.69, 9.17) is 13.6 Å². The first-order chi connectivity index (χ1) is 21.5. The van der Waals surface area contributed by atoms with Crippen LogP contribution in [-0.4, -0.2) is 49.5 Å². The van der Waals surface area contributed by atoms with Gasteiger partial charge in [0.05, 0.1) is 32.8 Å². The number of quaternary nitrogens is 1. The van der Waals surface area contributed by atoms with E-state index >= 15 is 0 Å². The monoisotopic (exact) mass is 645 g/mol. The Bertz CT molecular complexity index is 667. The molecule has 1 saturated heterocycles. The highest BCUT2D eigenvalue weighted by Crippen LogP contribution is 2.54. The van der Waals surface area contributed by atoms with Gasteiger partial charge in [0, 0.05) is 6.42 Å². The van der Waals surface area contributed by atoms with Crippen LogP contribution in [-0.2, 0) is 18.1 Å². The zero-order valence-corrected chi connectivity index (χ0v) is 31.5. The second kappa shape index (κ2) is 28.1. The number of rotatable bonds is 31. The quantitative estimate of drug-likeness (QED) is 0.0428. The summed E-state index contributed by atoms with van der Waals surface area (Å²) in [6.07, 6.45) is 33.4. The molecule has 0 spiro atoms. The molecule has 0 aromatic heterocycles. The minimum absolute atomic E-state index is 0.0559. The van der Waals surface area contributed by atoms with Crippen LogP contribution in [0.5, 0.6) is 0 Å². The lowest BCUT2D eigenvalue weighted by Crippen LogP contribution is -2.61. The fraction of sp³-hybridized carbons (Fsp3) is 1.00. The molecule has 1 heterocycles. The minimum atomic E-state index is -3.52. The van der Waals surface area contributed by atoms with Crippen molar-refractivity contribution in [2.75, 3.05) is 32.8 Å². The highest BCUT2D eigenvalue weighted by Gasteiger charge is 2.45. The molecule has 0 N–H and O–H groups in total. The molecule has 0 aliphatic carbocycles. The van der Waals surface area contributed by atoms with Gasteiger partial charge in [-0.1, -0.05) is 150 Å². The van der Waals surface area contributed by atoms with Crippen molar-refractivity contribution < 1.29 is 22.6 Å². The van der Waals surface area contributed by atoms with Gasteiger partial charge in [0.15, 0.2) is 0 Å². The van der Waals surface area contributed by atoms with E-state index in [1.54, 1.807) is 0 Å². The van der Waals surface area contributed by atoms with Crippen LogP contribution in [0.3, 0.4) is 0 Å². The fourth-order valence-corrected chi connectivity index (χ4v) is 8.70. The van der Waals surface area contributed by atoms with E-state index in [2.05, 4.69) is 34.6 Å². The first-order valence-electron chi connectivity index (χ1n) is 19.9. The summed E-state index contributed by atoms with van der Waals surface area (Å²) in [6.45, 7) is 15.9. The summed E-state index contributed by atoms with van der Waals surface area (Å²) in [4.78, 5) is 0. The molecule has 1 rings (SSSR count). The Morgan fingerprint density at radius 2 is 1.07 bits per heavy atom. The van der Waals surface area contributed by atoms with E-state index in [1.807, 2.05) is 0 Å². The number of phosphoric acid groups is 1. The maximum absolute atomic E-state index is 13.6. The number of unbranched alkanes of at least 4 members (excludes halogenated alkanes) is 18. The van der Waals surface area contributed by atoms with E-state index in [1.165, 1.54) is 148 Å². The van der Waals surface area contributed by atoms with Crippen LogP contribution >= 0.6 is 7.82 Å². The Hall–Kier alpha value is 0.0700. The fourth-order valence-electron chi connectivity index (χ4n) is 7.22. The van der Waals surface area contributed by atoms with E-state index in [9.17, 15) is 4.57 Å². The van der Waals surface area contributed by atoms with Crippen molar-refractivity contribution in [2.45, 2.75) is 214 Å². The Balaban J connectivity index is 2.64. The van der Waals surface area contributed by atoms with E-state index < -0.39 is 7.82 Å². The van der Waals surface area contributed by atoms with Gasteiger partial charge >= 0.3 is 7.82 Å². The normalized spacial score (nSPS) is 20.2. The minimum Gasteiger partial charge on any atom is -0.319 e. The third kappa shape index (κ3) is 19.0. The van der Waals surface area contributed by atoms with Crippen molar-refractivity contribution in [3.8, 4) is 0 Å². The highest BCUT2D eigenvalue weighted by atomic mass is 31.2. The molecule has 5 nitrogen and oxygen atoms in total. The lowest BCUT2D eigenvalue weighted by atomic mass is 9.94. The first-order valence-corrected chi connectivity index (χ1v) is 21.4. The molecular formula is C38H79NO4P+. The molecule has 0 bridgehead atoms. The maximum atomic E-state index is 13.6. The molecule has 0 aromatic rings. The van der Waals surface area contributed by atoms with E-state index in [0.29, 0.717) is 19.3 Å². The van der Waals surface area contributed by atoms with Crippen molar-refractivity contribution >= 4 is 7.82 Å². The molecule has 1 aliphatic rings. The van der Waals surface area contributed by atoms with Gasteiger partial charge in [0.25, 0.3) is 0 Å². The Morgan fingerprint density at radius 3 is 1.55 bits per heavy atom. The lowest BCUT2D eigenvalue weighted by molar-refractivity contribution is -0.955. The number of phosphoric ester groups is 1. The molecule has 1 fully saturated rings. The van der Waals surface area contributed by atoms with Gasteiger partial charge in [0.1, 0.15) is 12.1 Å². The SMILES string of the molecule is CCCCCCCCCCCCCCCCCC[N+](CCCC)(CCCC)C(CCC)C1CCCOP(=O)(OCCCC)O1. The average Bonchev–Trinajstić information content (AvgIpc) is 3.22. The highest BCUT2D eigenvalue weighted by molar-refractivity contribution is 7.48. The van der Waals surface area contributed by atoms with Gasteiger partial charge in [-0.2, -0.15) is 0 Å². The Kier molecular flexibility index (Phi) is 26.9. The Morgan fingerprint density at radius 1 is 0.614 bits per heavy atom. The summed E-state index contributed by atoms with van der Waals surface area (Å²) >= 11 is 0. The van der Waals surface area contributed by atoms with Crippen molar-refractivity contribution in [1.29, 1.82) is 0 Å². The zero-order chi connectivity index (χ0) is 32.2. The molecular weight excluding hydrogens is 565 g/mol. The third-order valence-electron chi connectivity index (χ3n) is 9.98. The van der Waals surface area contributed by atoms with Gasteiger partial charge < -0.3 is 4.48 Å². The summed E-state index contributed by atoms with van der Waals surface area (Å²) in [5.74, 6) is 0. The van der Waals surface area contributed by atoms with Gasteiger partial charge in [-0.25, -0.2) is 4.57 Å². The van der Waals surface area contributed by atoms with Crippen molar-refractivity contribution in [1.82, 2.24) is 0 Å². The van der Waals surface area contributed by atoms with Crippen LogP contribution in [0, 0.1) is 0 Å². The van der Waals surface area contributed by atoms with E-state index in [0.717, 1.165) is 43.0 Å². The smallest absolute Gasteiger partial charge is 0.319 e. The van der Waals surface area contributed by atoms with Gasteiger partial charge in [0.2, 0.25) is 0 Å². The molecule has 264 valence electrons. The number of hydrogen-bond acceptors (Lipinski definition) is 4. The average molecular weight is 645 g/mol. The van der Waals surface area contributed by atoms with Crippen molar-refractivity contribution in [3.05, 3.63) is 0 Å². The molecule has 0 saturated carbocycles. The second-order valence-electron chi connectivity index (χ2n) is 14.0. The second-order valence-corrected chi connectivity index (χ2v) is 15.6. The van der Waals surface area contributed by atoms with Crippen LogP contribution in [0.4, 0.5) is 0 Å². The molecule has 3 atom stereocenters. The maximum Gasteiger partial charge on any atom is 0.475 e. The standard InChI is InChI=1S/C38H79NO4P/c1-6-11-15-16-17-18-19-20-21-22-23-24-25-26-27-28-34-39(32-12-7-2,33-13-8-3)37(30-10-5)38-31-29-36-42-44(40,43-38)41-35-14-9-4/h37-38H,6-36H2,1-5H3/q+1. The van der Waals surface area contributed by atoms with Crippen LogP contribution in [0.25, 0.3) is 0 Å². The topological polar surface area (TPSA) is 44.8 Å². The summed E-state index contributed by atoms with van der Waals surface area (Å²) in [5, 5.41) is 0. The van der Waals surface area contributed by atoms with Gasteiger partial charge in [-0.15, -0.1) is 0 Å². The van der Waals surface area contributed by atoms with Crippen LogP contribution in [0.2, 0.25) is 0 Å². The molecule has 1 aliphatic heterocycles. The van der Waals surface area contributed by atoms with Crippen LogP contribution in [0.1, 0.15) is 202 Å².